The van der Waals surface area contributed by atoms with Crippen molar-refractivity contribution in [3.63, 3.8) is 0 Å². The Morgan fingerprint density at radius 2 is 2.05 bits per heavy atom. The Bertz CT molecular complexity index is 503. The van der Waals surface area contributed by atoms with Crippen molar-refractivity contribution in [1.82, 2.24) is 0 Å². The fourth-order valence-electron chi connectivity index (χ4n) is 3.13. The van der Waals surface area contributed by atoms with Crippen LogP contribution in [0.1, 0.15) is 33.1 Å². The Morgan fingerprint density at radius 1 is 1.29 bits per heavy atom. The number of carbonyl (C=O) groups is 1. The van der Waals surface area contributed by atoms with E-state index >= 15 is 0 Å². The quantitative estimate of drug-likeness (QED) is 0.863. The molecule has 116 valence electrons. The number of hydrogen-bond acceptors (Lipinski definition) is 4. The molecule has 0 aromatic heterocycles. The lowest BCUT2D eigenvalue weighted by Gasteiger charge is -2.41. The number of benzene rings is 1. The summed E-state index contributed by atoms with van der Waals surface area (Å²) in [4.78, 5) is 12.4. The van der Waals surface area contributed by atoms with Gasteiger partial charge in [0.05, 0.1) is 14.2 Å². The number of rotatable bonds is 4. The molecule has 1 aliphatic rings. The minimum Gasteiger partial charge on any atom is -0.497 e. The van der Waals surface area contributed by atoms with Crippen molar-refractivity contribution >= 4 is 11.7 Å². The van der Waals surface area contributed by atoms with Crippen molar-refractivity contribution in [3.05, 3.63) is 24.3 Å². The zero-order chi connectivity index (χ0) is 15.5. The molecule has 0 amide bonds. The minimum absolute atomic E-state index is 0.177. The lowest BCUT2D eigenvalue weighted by atomic mass is 9.71. The summed E-state index contributed by atoms with van der Waals surface area (Å²) in [5.74, 6) is 1.71. The first-order valence-corrected chi connectivity index (χ1v) is 7.51. The maximum absolute atomic E-state index is 12.4. The zero-order valence-corrected chi connectivity index (χ0v) is 13.3. The average molecular weight is 291 g/mol. The third-order valence-corrected chi connectivity index (χ3v) is 4.70. The van der Waals surface area contributed by atoms with E-state index in [2.05, 4.69) is 19.2 Å². The smallest absolute Gasteiger partial charge is 0.331 e. The monoisotopic (exact) mass is 291 g/mol. The molecule has 4 nitrogen and oxygen atoms in total. The number of methoxy groups -OCH3 is 2. The molecular weight excluding hydrogens is 266 g/mol. The largest absolute Gasteiger partial charge is 0.497 e. The van der Waals surface area contributed by atoms with Crippen molar-refractivity contribution in [1.29, 1.82) is 0 Å². The van der Waals surface area contributed by atoms with Crippen molar-refractivity contribution in [2.24, 2.45) is 11.8 Å². The van der Waals surface area contributed by atoms with E-state index in [1.54, 1.807) is 7.11 Å². The lowest BCUT2D eigenvalue weighted by molar-refractivity contribution is -0.148. The Morgan fingerprint density at radius 3 is 2.67 bits per heavy atom. The van der Waals surface area contributed by atoms with Gasteiger partial charge in [0.25, 0.3) is 0 Å². The number of carbonyl (C=O) groups excluding carboxylic acids is 1. The molecule has 1 aliphatic carbocycles. The van der Waals surface area contributed by atoms with E-state index in [1.165, 1.54) is 7.11 Å². The fraction of sp³-hybridized carbons (Fsp3) is 0.588. The zero-order valence-electron chi connectivity index (χ0n) is 13.3. The van der Waals surface area contributed by atoms with Gasteiger partial charge >= 0.3 is 5.97 Å². The highest BCUT2D eigenvalue weighted by atomic mass is 16.5. The van der Waals surface area contributed by atoms with E-state index in [9.17, 15) is 4.79 Å². The molecule has 21 heavy (non-hydrogen) atoms. The summed E-state index contributed by atoms with van der Waals surface area (Å²) >= 11 is 0. The van der Waals surface area contributed by atoms with Gasteiger partial charge in [0.15, 0.2) is 0 Å². The van der Waals surface area contributed by atoms with Gasteiger partial charge in [-0.2, -0.15) is 0 Å². The van der Waals surface area contributed by atoms with Gasteiger partial charge in [-0.15, -0.1) is 0 Å². The Hall–Kier alpha value is -1.71. The molecule has 0 radical (unpaired) electrons. The van der Waals surface area contributed by atoms with Crippen molar-refractivity contribution in [2.45, 2.75) is 38.6 Å². The average Bonchev–Trinajstić information content (AvgIpc) is 2.50. The molecule has 1 aromatic rings. The number of anilines is 1. The van der Waals surface area contributed by atoms with Crippen LogP contribution >= 0.6 is 0 Å². The van der Waals surface area contributed by atoms with Crippen LogP contribution in [0, 0.1) is 11.8 Å². The highest BCUT2D eigenvalue weighted by Gasteiger charge is 2.44. The highest BCUT2D eigenvalue weighted by Crippen LogP contribution is 2.39. The number of nitrogens with one attached hydrogen (secondary N) is 1. The van der Waals surface area contributed by atoms with Gasteiger partial charge in [-0.1, -0.05) is 19.9 Å². The van der Waals surface area contributed by atoms with Gasteiger partial charge in [0, 0.05) is 11.8 Å². The second kappa shape index (κ2) is 6.37. The number of hydrogen-bond donors (Lipinski definition) is 1. The minimum atomic E-state index is -0.632. The summed E-state index contributed by atoms with van der Waals surface area (Å²) in [6.45, 7) is 4.45. The maximum atomic E-state index is 12.4. The number of ether oxygens (including phenoxy) is 2. The molecule has 3 unspecified atom stereocenters. The molecule has 1 N–H and O–H groups in total. The van der Waals surface area contributed by atoms with Crippen molar-refractivity contribution < 1.29 is 14.3 Å². The van der Waals surface area contributed by atoms with E-state index < -0.39 is 5.54 Å². The van der Waals surface area contributed by atoms with Crippen LogP contribution < -0.4 is 10.1 Å². The van der Waals surface area contributed by atoms with E-state index in [-0.39, 0.29) is 5.97 Å². The molecule has 1 saturated carbocycles. The predicted octanol–water partition coefficient (Wildman–Crippen LogP) is 3.48. The molecule has 3 atom stereocenters. The molecule has 0 bridgehead atoms. The van der Waals surface area contributed by atoms with Gasteiger partial charge in [0.2, 0.25) is 0 Å². The van der Waals surface area contributed by atoms with Gasteiger partial charge < -0.3 is 14.8 Å². The van der Waals surface area contributed by atoms with E-state index in [0.717, 1.165) is 30.7 Å². The van der Waals surface area contributed by atoms with Crippen molar-refractivity contribution in [3.8, 4) is 5.75 Å². The summed E-state index contributed by atoms with van der Waals surface area (Å²) in [6.07, 6.45) is 2.60. The van der Waals surface area contributed by atoms with Crippen LogP contribution in [0.5, 0.6) is 5.75 Å². The van der Waals surface area contributed by atoms with Gasteiger partial charge in [0.1, 0.15) is 11.3 Å². The SMILES string of the molecule is COC(=O)C1(Nc2cccc(OC)c2)CCC(C)C(C)C1. The standard InChI is InChI=1S/C17H25NO3/c1-12-8-9-17(11-13(12)2,16(19)21-4)18-14-6-5-7-15(10-14)20-3/h5-7,10,12-13,18H,8-9,11H2,1-4H3. The summed E-state index contributed by atoms with van der Waals surface area (Å²) in [5.41, 5.74) is 0.258. The van der Waals surface area contributed by atoms with Crippen LogP contribution in [0.25, 0.3) is 0 Å². The molecule has 4 heteroatoms. The van der Waals surface area contributed by atoms with E-state index in [1.807, 2.05) is 24.3 Å². The van der Waals surface area contributed by atoms with Crippen LogP contribution in [0.3, 0.4) is 0 Å². The van der Waals surface area contributed by atoms with E-state index in [4.69, 9.17) is 9.47 Å². The first-order chi connectivity index (χ1) is 10.0. The Balaban J connectivity index is 2.26. The van der Waals surface area contributed by atoms with Crippen LogP contribution in [-0.2, 0) is 9.53 Å². The first kappa shape index (κ1) is 15.7. The van der Waals surface area contributed by atoms with Crippen LogP contribution in [0.15, 0.2) is 24.3 Å². The second-order valence-corrected chi connectivity index (χ2v) is 6.13. The van der Waals surface area contributed by atoms with Gasteiger partial charge in [-0.3, -0.25) is 0 Å². The van der Waals surface area contributed by atoms with Crippen LogP contribution in [-0.4, -0.2) is 25.7 Å². The third-order valence-electron chi connectivity index (χ3n) is 4.70. The lowest BCUT2D eigenvalue weighted by Crippen LogP contribution is -2.51. The summed E-state index contributed by atoms with van der Waals surface area (Å²) in [7, 11) is 3.10. The summed E-state index contributed by atoms with van der Waals surface area (Å²) in [5, 5.41) is 3.42. The molecular formula is C17H25NO3. The van der Waals surface area contributed by atoms with Gasteiger partial charge in [-0.25, -0.2) is 4.79 Å². The maximum Gasteiger partial charge on any atom is 0.331 e. The molecule has 2 rings (SSSR count). The topological polar surface area (TPSA) is 47.6 Å². The van der Waals surface area contributed by atoms with Gasteiger partial charge in [-0.05, 0) is 43.2 Å². The van der Waals surface area contributed by atoms with Crippen LogP contribution in [0.4, 0.5) is 5.69 Å². The summed E-state index contributed by atoms with van der Waals surface area (Å²) < 4.78 is 10.3. The molecule has 0 heterocycles. The highest BCUT2D eigenvalue weighted by molar-refractivity contribution is 5.84. The fourth-order valence-corrected chi connectivity index (χ4v) is 3.13. The van der Waals surface area contributed by atoms with Crippen molar-refractivity contribution in [2.75, 3.05) is 19.5 Å². The molecule has 0 spiro atoms. The molecule has 1 fully saturated rings. The first-order valence-electron chi connectivity index (χ1n) is 7.51. The molecule has 0 saturated heterocycles. The predicted molar refractivity (Wildman–Crippen MR) is 83.5 cm³/mol. The number of esters is 1. The summed E-state index contributed by atoms with van der Waals surface area (Å²) in [6, 6.07) is 7.67. The normalized spacial score (nSPS) is 28.8. The Labute approximate surface area is 126 Å². The third kappa shape index (κ3) is 3.31. The Kier molecular flexibility index (Phi) is 4.76. The molecule has 0 aliphatic heterocycles. The second-order valence-electron chi connectivity index (χ2n) is 6.13. The van der Waals surface area contributed by atoms with E-state index in [0.29, 0.717) is 11.8 Å². The van der Waals surface area contributed by atoms with Crippen LogP contribution in [0.2, 0.25) is 0 Å². The molecule has 1 aromatic carbocycles.